The molecule has 4 rings (SSSR count). The van der Waals surface area contributed by atoms with Crippen LogP contribution in [0, 0.1) is 5.82 Å². The molecule has 1 amide bonds. The number of carbonyl (C=O) groups is 1. The van der Waals surface area contributed by atoms with Crippen LogP contribution in [0.4, 0.5) is 14.7 Å². The molecular weight excluding hydrogens is 396 g/mol. The molecule has 10 heteroatoms. The third kappa shape index (κ3) is 3.99. The van der Waals surface area contributed by atoms with Crippen LogP contribution in [0.2, 0.25) is 0 Å². The number of pyridine rings is 1. The van der Waals surface area contributed by atoms with Crippen LogP contribution in [-0.4, -0.2) is 64.3 Å². The Morgan fingerprint density at radius 1 is 1.30 bits per heavy atom. The molecule has 0 aromatic carbocycles. The highest BCUT2D eigenvalue weighted by molar-refractivity contribution is 5.85. The Morgan fingerprint density at radius 3 is 2.87 bits per heavy atom. The number of anilines is 1. The number of aromatic nitrogens is 3. The van der Waals surface area contributed by atoms with Gasteiger partial charge in [0.1, 0.15) is 12.4 Å². The lowest BCUT2D eigenvalue weighted by atomic mass is 9.91. The molecule has 0 N–H and O–H groups in total. The van der Waals surface area contributed by atoms with Gasteiger partial charge in [0.05, 0.1) is 25.9 Å². The van der Waals surface area contributed by atoms with Crippen molar-refractivity contribution >= 4 is 11.9 Å². The van der Waals surface area contributed by atoms with Gasteiger partial charge >= 0.3 is 0 Å². The average Bonchev–Trinajstić information content (AvgIpc) is 2.98. The smallest absolute Gasteiger partial charge is 0.260 e. The SMILES string of the molecule is CCOc1nc(N2CCC(F)(C(=O)N3CCOc4ccncc4C3)CC2)ncc1F. The van der Waals surface area contributed by atoms with Gasteiger partial charge in [-0.2, -0.15) is 9.37 Å². The number of hydrogen-bond donors (Lipinski definition) is 0. The second-order valence-electron chi connectivity index (χ2n) is 7.27. The van der Waals surface area contributed by atoms with E-state index in [2.05, 4.69) is 15.0 Å². The zero-order chi connectivity index (χ0) is 21.1. The number of halogens is 2. The molecule has 0 spiro atoms. The second kappa shape index (κ2) is 8.37. The van der Waals surface area contributed by atoms with E-state index in [-0.39, 0.29) is 50.9 Å². The number of fused-ring (bicyclic) bond motifs is 1. The summed E-state index contributed by atoms with van der Waals surface area (Å²) in [5.74, 6) is -0.394. The van der Waals surface area contributed by atoms with E-state index in [0.29, 0.717) is 18.9 Å². The van der Waals surface area contributed by atoms with Gasteiger partial charge in [-0.15, -0.1) is 0 Å². The Morgan fingerprint density at radius 2 is 2.10 bits per heavy atom. The predicted molar refractivity (Wildman–Crippen MR) is 104 cm³/mol. The largest absolute Gasteiger partial charge is 0.491 e. The molecule has 1 saturated heterocycles. The fourth-order valence-corrected chi connectivity index (χ4v) is 3.69. The first-order valence-corrected chi connectivity index (χ1v) is 9.94. The van der Waals surface area contributed by atoms with Crippen molar-refractivity contribution in [2.45, 2.75) is 32.0 Å². The molecule has 2 aromatic heterocycles. The Balaban J connectivity index is 1.43. The highest BCUT2D eigenvalue weighted by Crippen LogP contribution is 2.32. The number of ether oxygens (including phenoxy) is 2. The number of nitrogens with zero attached hydrogens (tertiary/aromatic N) is 5. The maximum atomic E-state index is 15.6. The first kappa shape index (κ1) is 20.2. The topological polar surface area (TPSA) is 80.7 Å². The van der Waals surface area contributed by atoms with Gasteiger partial charge in [-0.25, -0.2) is 9.37 Å². The molecule has 4 heterocycles. The zero-order valence-electron chi connectivity index (χ0n) is 16.7. The lowest BCUT2D eigenvalue weighted by Gasteiger charge is -2.37. The summed E-state index contributed by atoms with van der Waals surface area (Å²) in [4.78, 5) is 28.4. The summed E-state index contributed by atoms with van der Waals surface area (Å²) in [5.41, 5.74) is -1.22. The monoisotopic (exact) mass is 419 g/mol. The van der Waals surface area contributed by atoms with Gasteiger partial charge in [0, 0.05) is 43.9 Å². The Hall–Kier alpha value is -3.04. The molecule has 0 saturated carbocycles. The average molecular weight is 419 g/mol. The van der Waals surface area contributed by atoms with E-state index < -0.39 is 17.4 Å². The number of hydrogen-bond acceptors (Lipinski definition) is 7. The van der Waals surface area contributed by atoms with Crippen molar-refractivity contribution in [1.82, 2.24) is 19.9 Å². The van der Waals surface area contributed by atoms with Crippen molar-refractivity contribution in [3.05, 3.63) is 36.0 Å². The van der Waals surface area contributed by atoms with E-state index in [9.17, 15) is 9.18 Å². The van der Waals surface area contributed by atoms with Gasteiger partial charge < -0.3 is 19.3 Å². The third-order valence-corrected chi connectivity index (χ3v) is 5.33. The van der Waals surface area contributed by atoms with Crippen molar-refractivity contribution in [2.24, 2.45) is 0 Å². The van der Waals surface area contributed by atoms with Gasteiger partial charge in [0.2, 0.25) is 11.8 Å². The minimum absolute atomic E-state index is 0.00616. The summed E-state index contributed by atoms with van der Waals surface area (Å²) in [7, 11) is 0. The molecule has 0 bridgehead atoms. The summed E-state index contributed by atoms with van der Waals surface area (Å²) in [6, 6.07) is 1.74. The highest BCUT2D eigenvalue weighted by atomic mass is 19.1. The van der Waals surface area contributed by atoms with Gasteiger partial charge in [-0.05, 0) is 13.0 Å². The van der Waals surface area contributed by atoms with Crippen molar-refractivity contribution in [3.63, 3.8) is 0 Å². The second-order valence-corrected chi connectivity index (χ2v) is 7.27. The van der Waals surface area contributed by atoms with Crippen LogP contribution < -0.4 is 14.4 Å². The molecule has 0 atom stereocenters. The van der Waals surface area contributed by atoms with Crippen LogP contribution in [0.5, 0.6) is 11.6 Å². The standard InChI is InChI=1S/C20H23F2N5O3/c1-2-29-17-15(21)12-24-19(25-17)26-7-4-20(22,5-8-26)18(28)27-9-10-30-16-3-6-23-11-14(16)13-27/h3,6,11-12H,2,4-5,7-10,13H2,1H3. The lowest BCUT2D eigenvalue weighted by molar-refractivity contribution is -0.146. The van der Waals surface area contributed by atoms with E-state index in [4.69, 9.17) is 9.47 Å². The van der Waals surface area contributed by atoms with Crippen LogP contribution in [-0.2, 0) is 11.3 Å². The number of rotatable bonds is 4. The van der Waals surface area contributed by atoms with E-state index in [0.717, 1.165) is 11.8 Å². The first-order chi connectivity index (χ1) is 14.5. The summed E-state index contributed by atoms with van der Waals surface area (Å²) < 4.78 is 40.1. The normalized spacial score (nSPS) is 18.2. The van der Waals surface area contributed by atoms with Crippen molar-refractivity contribution in [2.75, 3.05) is 37.7 Å². The zero-order valence-corrected chi connectivity index (χ0v) is 16.7. The summed E-state index contributed by atoms with van der Waals surface area (Å²) in [6.07, 6.45) is 4.29. The van der Waals surface area contributed by atoms with Crippen LogP contribution >= 0.6 is 0 Å². The number of carbonyl (C=O) groups excluding carboxylic acids is 1. The van der Waals surface area contributed by atoms with Crippen LogP contribution in [0.15, 0.2) is 24.7 Å². The fourth-order valence-electron chi connectivity index (χ4n) is 3.69. The van der Waals surface area contributed by atoms with E-state index in [1.54, 1.807) is 30.3 Å². The Bertz CT molecular complexity index is 921. The molecule has 2 aliphatic heterocycles. The molecular formula is C20H23F2N5O3. The van der Waals surface area contributed by atoms with Gasteiger partial charge in [0.25, 0.3) is 11.8 Å². The Kier molecular flexibility index (Phi) is 5.65. The van der Waals surface area contributed by atoms with Gasteiger partial charge in [0.15, 0.2) is 5.67 Å². The van der Waals surface area contributed by atoms with Gasteiger partial charge in [-0.3, -0.25) is 9.78 Å². The third-order valence-electron chi connectivity index (χ3n) is 5.33. The molecule has 1 fully saturated rings. The lowest BCUT2D eigenvalue weighted by Crippen LogP contribution is -2.53. The predicted octanol–water partition coefficient (Wildman–Crippen LogP) is 2.14. The molecule has 8 nitrogen and oxygen atoms in total. The summed E-state index contributed by atoms with van der Waals surface area (Å²) >= 11 is 0. The number of amides is 1. The summed E-state index contributed by atoms with van der Waals surface area (Å²) in [6.45, 7) is 3.34. The minimum atomic E-state index is -1.98. The first-order valence-electron chi connectivity index (χ1n) is 9.94. The van der Waals surface area contributed by atoms with Crippen molar-refractivity contribution in [3.8, 4) is 11.6 Å². The molecule has 2 aromatic rings. The van der Waals surface area contributed by atoms with Crippen LogP contribution in [0.3, 0.4) is 0 Å². The van der Waals surface area contributed by atoms with E-state index >= 15 is 4.39 Å². The van der Waals surface area contributed by atoms with Crippen molar-refractivity contribution in [1.29, 1.82) is 0 Å². The molecule has 0 radical (unpaired) electrons. The summed E-state index contributed by atoms with van der Waals surface area (Å²) in [5, 5.41) is 0. The molecule has 0 aliphatic carbocycles. The van der Waals surface area contributed by atoms with E-state index in [1.807, 2.05) is 0 Å². The van der Waals surface area contributed by atoms with Gasteiger partial charge in [-0.1, -0.05) is 0 Å². The quantitative estimate of drug-likeness (QED) is 0.751. The van der Waals surface area contributed by atoms with Crippen LogP contribution in [0.1, 0.15) is 25.3 Å². The molecule has 2 aliphatic rings. The number of alkyl halides is 1. The van der Waals surface area contributed by atoms with Crippen molar-refractivity contribution < 1.29 is 23.0 Å². The maximum absolute atomic E-state index is 15.6. The number of piperidine rings is 1. The highest BCUT2D eigenvalue weighted by Gasteiger charge is 2.45. The minimum Gasteiger partial charge on any atom is -0.491 e. The Labute approximate surface area is 172 Å². The molecule has 0 unspecified atom stereocenters. The fraction of sp³-hybridized carbons (Fsp3) is 0.500. The molecule has 30 heavy (non-hydrogen) atoms. The molecule has 160 valence electrons. The van der Waals surface area contributed by atoms with Crippen LogP contribution in [0.25, 0.3) is 0 Å². The maximum Gasteiger partial charge on any atom is 0.260 e. The van der Waals surface area contributed by atoms with E-state index in [1.165, 1.54) is 4.90 Å².